The fourth-order valence-corrected chi connectivity index (χ4v) is 2.36. The average molecular weight is 251 g/mol. The molecular weight excluding hydrogens is 234 g/mol. The third kappa shape index (κ3) is 2.72. The van der Waals surface area contributed by atoms with Gasteiger partial charge in [0.25, 0.3) is 5.91 Å². The number of furan rings is 1. The fraction of sp³-hybridized carbons (Fsp3) is 0.538. The summed E-state index contributed by atoms with van der Waals surface area (Å²) in [4.78, 5) is 24.5. The zero-order chi connectivity index (χ0) is 13.1. The van der Waals surface area contributed by atoms with E-state index in [2.05, 4.69) is 0 Å². The van der Waals surface area contributed by atoms with Crippen LogP contribution < -0.4 is 0 Å². The highest BCUT2D eigenvalue weighted by molar-refractivity contribution is 5.95. The van der Waals surface area contributed by atoms with Crippen LogP contribution in [0.1, 0.15) is 35.4 Å². The van der Waals surface area contributed by atoms with E-state index in [0.717, 1.165) is 6.42 Å². The summed E-state index contributed by atoms with van der Waals surface area (Å²) < 4.78 is 5.13. The van der Waals surface area contributed by atoms with Gasteiger partial charge < -0.3 is 14.4 Å². The molecule has 0 bridgehead atoms. The van der Waals surface area contributed by atoms with Crippen molar-refractivity contribution < 1.29 is 19.1 Å². The summed E-state index contributed by atoms with van der Waals surface area (Å²) in [6.45, 7) is 3.12. The number of amides is 1. The Morgan fingerprint density at radius 2 is 2.33 bits per heavy atom. The second kappa shape index (κ2) is 5.25. The van der Waals surface area contributed by atoms with E-state index in [1.807, 2.05) is 0 Å². The van der Waals surface area contributed by atoms with Crippen LogP contribution in [0.4, 0.5) is 0 Å². The minimum absolute atomic E-state index is 0.0147. The molecule has 98 valence electrons. The molecule has 2 heterocycles. The lowest BCUT2D eigenvalue weighted by atomic mass is 10.0. The molecule has 1 aliphatic rings. The Hall–Kier alpha value is -1.78. The molecule has 0 aliphatic carbocycles. The van der Waals surface area contributed by atoms with Crippen molar-refractivity contribution in [2.45, 2.75) is 26.2 Å². The van der Waals surface area contributed by atoms with E-state index in [0.29, 0.717) is 36.8 Å². The molecule has 18 heavy (non-hydrogen) atoms. The van der Waals surface area contributed by atoms with Crippen molar-refractivity contribution in [2.75, 3.05) is 13.1 Å². The van der Waals surface area contributed by atoms with Gasteiger partial charge in [0, 0.05) is 19.5 Å². The molecule has 1 aromatic heterocycles. The number of rotatable bonds is 4. The van der Waals surface area contributed by atoms with Gasteiger partial charge in [-0.05, 0) is 31.7 Å². The van der Waals surface area contributed by atoms with Gasteiger partial charge >= 0.3 is 5.97 Å². The van der Waals surface area contributed by atoms with E-state index < -0.39 is 5.97 Å². The number of likely N-dealkylation sites (tertiary alicyclic amines) is 1. The Labute approximate surface area is 105 Å². The number of hydrogen-bond acceptors (Lipinski definition) is 3. The molecule has 1 fully saturated rings. The number of aryl methyl sites for hydroxylation is 1. The first-order valence-corrected chi connectivity index (χ1v) is 6.13. The van der Waals surface area contributed by atoms with Gasteiger partial charge in [-0.3, -0.25) is 9.59 Å². The lowest BCUT2D eigenvalue weighted by molar-refractivity contribution is -0.137. The van der Waals surface area contributed by atoms with Crippen LogP contribution in [0.25, 0.3) is 0 Å². The molecule has 1 N–H and O–H groups in total. The van der Waals surface area contributed by atoms with Crippen LogP contribution in [-0.2, 0) is 4.79 Å². The van der Waals surface area contributed by atoms with Gasteiger partial charge in [0.2, 0.25) is 0 Å². The van der Waals surface area contributed by atoms with Crippen LogP contribution in [-0.4, -0.2) is 35.0 Å². The van der Waals surface area contributed by atoms with Crippen LogP contribution in [0.3, 0.4) is 0 Å². The highest BCUT2D eigenvalue weighted by Gasteiger charge is 2.28. The van der Waals surface area contributed by atoms with E-state index in [4.69, 9.17) is 9.52 Å². The maximum absolute atomic E-state index is 12.2. The van der Waals surface area contributed by atoms with E-state index in [9.17, 15) is 9.59 Å². The monoisotopic (exact) mass is 251 g/mol. The van der Waals surface area contributed by atoms with Crippen molar-refractivity contribution >= 4 is 11.9 Å². The van der Waals surface area contributed by atoms with Gasteiger partial charge in [0.1, 0.15) is 5.76 Å². The molecule has 0 saturated carbocycles. The summed E-state index contributed by atoms with van der Waals surface area (Å²) in [6.07, 6.45) is 3.22. The maximum atomic E-state index is 12.2. The lowest BCUT2D eigenvalue weighted by Gasteiger charge is -2.15. The molecule has 1 aromatic rings. The molecule has 5 nitrogen and oxygen atoms in total. The van der Waals surface area contributed by atoms with Crippen LogP contribution in [0.2, 0.25) is 0 Å². The Balaban J connectivity index is 1.91. The van der Waals surface area contributed by atoms with Crippen LogP contribution in [0, 0.1) is 12.8 Å². The molecule has 0 radical (unpaired) electrons. The predicted molar refractivity (Wildman–Crippen MR) is 64.3 cm³/mol. The summed E-state index contributed by atoms with van der Waals surface area (Å²) in [6, 6.07) is 1.68. The summed E-state index contributed by atoms with van der Waals surface area (Å²) in [5, 5.41) is 8.64. The molecular formula is C13H17NO4. The molecule has 1 unspecified atom stereocenters. The highest BCUT2D eigenvalue weighted by atomic mass is 16.4. The topological polar surface area (TPSA) is 70.8 Å². The van der Waals surface area contributed by atoms with Gasteiger partial charge in [0.05, 0.1) is 11.8 Å². The van der Waals surface area contributed by atoms with Gasteiger partial charge in [-0.15, -0.1) is 0 Å². The number of hydrogen-bond donors (Lipinski definition) is 1. The maximum Gasteiger partial charge on any atom is 0.303 e. The number of carbonyl (C=O) groups is 2. The van der Waals surface area contributed by atoms with Crippen molar-refractivity contribution in [3.8, 4) is 0 Å². The summed E-state index contributed by atoms with van der Waals surface area (Å²) in [5.41, 5.74) is 0.605. The van der Waals surface area contributed by atoms with Crippen molar-refractivity contribution in [1.82, 2.24) is 4.90 Å². The largest absolute Gasteiger partial charge is 0.481 e. The molecule has 1 amide bonds. The first kappa shape index (κ1) is 12.7. The number of aliphatic carboxylic acids is 1. The molecule has 1 saturated heterocycles. The number of carboxylic acid groups (broad SMARTS) is 1. The normalized spacial score (nSPS) is 19.2. The molecule has 1 aliphatic heterocycles. The van der Waals surface area contributed by atoms with Gasteiger partial charge in [-0.25, -0.2) is 0 Å². The zero-order valence-electron chi connectivity index (χ0n) is 10.4. The molecule has 1 atom stereocenters. The van der Waals surface area contributed by atoms with Crippen molar-refractivity contribution in [3.63, 3.8) is 0 Å². The first-order valence-electron chi connectivity index (χ1n) is 6.13. The predicted octanol–water partition coefficient (Wildman–Crippen LogP) is 1.91. The smallest absolute Gasteiger partial charge is 0.303 e. The van der Waals surface area contributed by atoms with Crippen LogP contribution in [0.5, 0.6) is 0 Å². The van der Waals surface area contributed by atoms with Crippen molar-refractivity contribution in [2.24, 2.45) is 5.92 Å². The van der Waals surface area contributed by atoms with Crippen molar-refractivity contribution in [1.29, 1.82) is 0 Å². The zero-order valence-corrected chi connectivity index (χ0v) is 10.4. The SMILES string of the molecule is Cc1occc1C(=O)N1CCC(CCC(=O)O)C1. The number of carboxylic acids is 1. The van der Waals surface area contributed by atoms with Gasteiger partial charge in [-0.2, -0.15) is 0 Å². The minimum atomic E-state index is -0.773. The van der Waals surface area contributed by atoms with Gasteiger partial charge in [-0.1, -0.05) is 0 Å². The van der Waals surface area contributed by atoms with E-state index in [-0.39, 0.29) is 12.3 Å². The lowest BCUT2D eigenvalue weighted by Crippen LogP contribution is -2.28. The molecule has 2 rings (SSSR count). The van der Waals surface area contributed by atoms with Crippen LogP contribution in [0.15, 0.2) is 16.7 Å². The standard InChI is InChI=1S/C13H17NO4/c1-9-11(5-7-18-9)13(17)14-6-4-10(8-14)2-3-12(15)16/h5,7,10H,2-4,6,8H2,1H3,(H,15,16). The molecule has 5 heteroatoms. The number of carbonyl (C=O) groups excluding carboxylic acids is 1. The summed E-state index contributed by atoms with van der Waals surface area (Å²) in [7, 11) is 0. The fourth-order valence-electron chi connectivity index (χ4n) is 2.36. The Morgan fingerprint density at radius 3 is 2.94 bits per heavy atom. The quantitative estimate of drug-likeness (QED) is 0.887. The van der Waals surface area contributed by atoms with E-state index >= 15 is 0 Å². The third-order valence-electron chi connectivity index (χ3n) is 3.43. The molecule has 0 aromatic carbocycles. The number of nitrogens with zero attached hydrogens (tertiary/aromatic N) is 1. The van der Waals surface area contributed by atoms with E-state index in [1.54, 1.807) is 17.9 Å². The first-order chi connectivity index (χ1) is 8.58. The summed E-state index contributed by atoms with van der Waals surface area (Å²) >= 11 is 0. The second-order valence-electron chi connectivity index (χ2n) is 4.73. The van der Waals surface area contributed by atoms with Crippen LogP contribution >= 0.6 is 0 Å². The average Bonchev–Trinajstić information content (AvgIpc) is 2.94. The molecule has 0 spiro atoms. The third-order valence-corrected chi connectivity index (χ3v) is 3.43. The Kier molecular flexibility index (Phi) is 3.69. The summed E-state index contributed by atoms with van der Waals surface area (Å²) in [5.74, 6) is 0.149. The Morgan fingerprint density at radius 1 is 1.56 bits per heavy atom. The van der Waals surface area contributed by atoms with Crippen molar-refractivity contribution in [3.05, 3.63) is 23.7 Å². The minimum Gasteiger partial charge on any atom is -0.481 e. The van der Waals surface area contributed by atoms with E-state index in [1.165, 1.54) is 6.26 Å². The Bertz CT molecular complexity index is 452. The van der Waals surface area contributed by atoms with Gasteiger partial charge in [0.15, 0.2) is 0 Å². The highest BCUT2D eigenvalue weighted by Crippen LogP contribution is 2.23. The second-order valence-corrected chi connectivity index (χ2v) is 4.73.